The molecule has 1 unspecified atom stereocenters. The minimum Gasteiger partial charge on any atom is -0.329 e. The molecular formula is C14H13N5. The molecule has 0 aromatic carbocycles. The summed E-state index contributed by atoms with van der Waals surface area (Å²) in [6.07, 6.45) is 6.81. The largest absolute Gasteiger partial charge is 0.329 e. The molecule has 5 heteroatoms. The second kappa shape index (κ2) is 4.97. The first-order chi connectivity index (χ1) is 9.33. The predicted octanol–water partition coefficient (Wildman–Crippen LogP) is 1.94. The van der Waals surface area contributed by atoms with Gasteiger partial charge in [-0.15, -0.1) is 0 Å². The molecule has 1 N–H and O–H groups in total. The Labute approximate surface area is 111 Å². The molecule has 0 saturated carbocycles. The van der Waals surface area contributed by atoms with E-state index in [9.17, 15) is 0 Å². The van der Waals surface area contributed by atoms with Gasteiger partial charge in [0, 0.05) is 35.9 Å². The number of hydrogen-bond acceptors (Lipinski definition) is 5. The van der Waals surface area contributed by atoms with Crippen molar-refractivity contribution in [3.05, 3.63) is 60.2 Å². The Morgan fingerprint density at radius 2 is 1.84 bits per heavy atom. The standard InChI is InChI=1S/C14H13N5/c1-10-17-13(11-4-7-15-8-5-11)19-14(18-10)12-3-2-6-16-9-12/h2-9,13H,1H3,(H,17,18,19). The Kier molecular flexibility index (Phi) is 3.02. The third-order valence-corrected chi connectivity index (χ3v) is 2.81. The Morgan fingerprint density at radius 3 is 2.58 bits per heavy atom. The summed E-state index contributed by atoms with van der Waals surface area (Å²) in [5.74, 6) is 1.64. The first-order valence-corrected chi connectivity index (χ1v) is 6.02. The van der Waals surface area contributed by atoms with Crippen LogP contribution in [0.4, 0.5) is 0 Å². The molecule has 1 atom stereocenters. The second-order valence-corrected chi connectivity index (χ2v) is 4.21. The lowest BCUT2D eigenvalue weighted by Crippen LogP contribution is -2.33. The van der Waals surface area contributed by atoms with E-state index in [-0.39, 0.29) is 6.17 Å². The lowest BCUT2D eigenvalue weighted by Gasteiger charge is -2.19. The van der Waals surface area contributed by atoms with Crippen LogP contribution in [0.15, 0.2) is 59.0 Å². The zero-order valence-corrected chi connectivity index (χ0v) is 10.5. The maximum absolute atomic E-state index is 4.62. The van der Waals surface area contributed by atoms with Crippen LogP contribution in [0.3, 0.4) is 0 Å². The van der Waals surface area contributed by atoms with E-state index in [0.717, 1.165) is 22.8 Å². The summed E-state index contributed by atoms with van der Waals surface area (Å²) in [5.41, 5.74) is 1.98. The third-order valence-electron chi connectivity index (χ3n) is 2.81. The van der Waals surface area contributed by atoms with Crippen molar-refractivity contribution in [3.63, 3.8) is 0 Å². The minimum absolute atomic E-state index is 0.223. The van der Waals surface area contributed by atoms with Crippen molar-refractivity contribution in [2.75, 3.05) is 0 Å². The van der Waals surface area contributed by atoms with Crippen LogP contribution in [0, 0.1) is 0 Å². The summed E-state index contributed by atoms with van der Waals surface area (Å²) in [6.45, 7) is 1.93. The predicted molar refractivity (Wildman–Crippen MR) is 74.0 cm³/mol. The van der Waals surface area contributed by atoms with Crippen LogP contribution in [0.2, 0.25) is 0 Å². The quantitative estimate of drug-likeness (QED) is 0.887. The molecule has 2 aromatic rings. The molecule has 19 heavy (non-hydrogen) atoms. The highest BCUT2D eigenvalue weighted by Gasteiger charge is 2.16. The van der Waals surface area contributed by atoms with Crippen LogP contribution in [0.25, 0.3) is 0 Å². The molecule has 0 amide bonds. The van der Waals surface area contributed by atoms with E-state index in [0.29, 0.717) is 0 Å². The van der Waals surface area contributed by atoms with Gasteiger partial charge in [-0.2, -0.15) is 0 Å². The molecule has 0 radical (unpaired) electrons. The molecule has 5 nitrogen and oxygen atoms in total. The molecule has 3 heterocycles. The summed E-state index contributed by atoms with van der Waals surface area (Å²) in [7, 11) is 0. The van der Waals surface area contributed by atoms with Gasteiger partial charge < -0.3 is 5.32 Å². The van der Waals surface area contributed by atoms with Crippen molar-refractivity contribution in [2.45, 2.75) is 13.1 Å². The molecule has 0 bridgehead atoms. The first kappa shape index (κ1) is 11.5. The van der Waals surface area contributed by atoms with Gasteiger partial charge in [0.2, 0.25) is 0 Å². The van der Waals surface area contributed by atoms with E-state index < -0.39 is 0 Å². The van der Waals surface area contributed by atoms with Crippen molar-refractivity contribution in [1.82, 2.24) is 15.3 Å². The van der Waals surface area contributed by atoms with Crippen LogP contribution in [-0.2, 0) is 0 Å². The molecule has 2 aromatic heterocycles. The first-order valence-electron chi connectivity index (χ1n) is 6.02. The Bertz CT molecular complexity index is 619. The van der Waals surface area contributed by atoms with Crippen LogP contribution in [0.5, 0.6) is 0 Å². The van der Waals surface area contributed by atoms with E-state index in [1.165, 1.54) is 0 Å². The van der Waals surface area contributed by atoms with Gasteiger partial charge in [-0.25, -0.2) is 9.98 Å². The minimum atomic E-state index is -0.223. The van der Waals surface area contributed by atoms with Crippen LogP contribution < -0.4 is 5.32 Å². The fraction of sp³-hybridized carbons (Fsp3) is 0.143. The smallest absolute Gasteiger partial charge is 0.169 e. The normalized spacial score (nSPS) is 18.3. The van der Waals surface area contributed by atoms with Gasteiger partial charge >= 0.3 is 0 Å². The Morgan fingerprint density at radius 1 is 1.00 bits per heavy atom. The number of aliphatic imine (C=N–C) groups is 2. The highest BCUT2D eigenvalue weighted by Crippen LogP contribution is 2.21. The van der Waals surface area contributed by atoms with E-state index in [1.807, 2.05) is 31.2 Å². The summed E-state index contributed by atoms with van der Waals surface area (Å²) >= 11 is 0. The van der Waals surface area contributed by atoms with E-state index in [4.69, 9.17) is 0 Å². The van der Waals surface area contributed by atoms with E-state index in [2.05, 4.69) is 25.3 Å². The number of hydrogen-bond donors (Lipinski definition) is 1. The van der Waals surface area contributed by atoms with Gasteiger partial charge in [0.05, 0.1) is 0 Å². The zero-order valence-electron chi connectivity index (χ0n) is 10.5. The van der Waals surface area contributed by atoms with Crippen LogP contribution in [0.1, 0.15) is 24.2 Å². The Balaban J connectivity index is 1.97. The number of nitrogens with zero attached hydrogens (tertiary/aromatic N) is 4. The molecule has 0 spiro atoms. The highest BCUT2D eigenvalue weighted by molar-refractivity contribution is 6.09. The van der Waals surface area contributed by atoms with E-state index in [1.54, 1.807) is 24.8 Å². The van der Waals surface area contributed by atoms with Gasteiger partial charge in [0.25, 0.3) is 0 Å². The monoisotopic (exact) mass is 251 g/mol. The van der Waals surface area contributed by atoms with Crippen LogP contribution in [-0.4, -0.2) is 21.6 Å². The molecule has 94 valence electrons. The number of rotatable bonds is 2. The molecule has 0 aliphatic carbocycles. The van der Waals surface area contributed by atoms with Gasteiger partial charge in [0.1, 0.15) is 11.7 Å². The molecular weight excluding hydrogens is 238 g/mol. The zero-order chi connectivity index (χ0) is 13.1. The lowest BCUT2D eigenvalue weighted by atomic mass is 10.2. The number of aromatic nitrogens is 2. The molecule has 1 aliphatic heterocycles. The second-order valence-electron chi connectivity index (χ2n) is 4.21. The van der Waals surface area contributed by atoms with E-state index >= 15 is 0 Å². The maximum atomic E-state index is 4.62. The molecule has 1 aliphatic rings. The van der Waals surface area contributed by atoms with Crippen molar-refractivity contribution >= 4 is 11.7 Å². The average Bonchev–Trinajstić information content (AvgIpc) is 2.48. The highest BCUT2D eigenvalue weighted by atomic mass is 15.2. The third kappa shape index (κ3) is 2.49. The van der Waals surface area contributed by atoms with Crippen molar-refractivity contribution in [3.8, 4) is 0 Å². The fourth-order valence-electron chi connectivity index (χ4n) is 1.90. The van der Waals surface area contributed by atoms with Crippen molar-refractivity contribution in [2.24, 2.45) is 9.98 Å². The van der Waals surface area contributed by atoms with Crippen LogP contribution >= 0.6 is 0 Å². The van der Waals surface area contributed by atoms with Gasteiger partial charge in [-0.3, -0.25) is 9.97 Å². The van der Waals surface area contributed by atoms with Gasteiger partial charge in [0.15, 0.2) is 6.17 Å². The number of amidine groups is 2. The lowest BCUT2D eigenvalue weighted by molar-refractivity contribution is 0.752. The summed E-state index contributed by atoms with van der Waals surface area (Å²) in [6, 6.07) is 7.72. The summed E-state index contributed by atoms with van der Waals surface area (Å²) in [4.78, 5) is 17.2. The summed E-state index contributed by atoms with van der Waals surface area (Å²) in [5, 5.41) is 3.18. The molecule has 0 saturated heterocycles. The Hall–Kier alpha value is -2.56. The molecule has 3 rings (SSSR count). The molecule has 0 fully saturated rings. The number of pyridine rings is 2. The topological polar surface area (TPSA) is 62.5 Å². The number of nitrogens with one attached hydrogen (secondary N) is 1. The van der Waals surface area contributed by atoms with Crippen molar-refractivity contribution in [1.29, 1.82) is 0 Å². The fourth-order valence-corrected chi connectivity index (χ4v) is 1.90. The van der Waals surface area contributed by atoms with Gasteiger partial charge in [-0.1, -0.05) is 0 Å². The van der Waals surface area contributed by atoms with Gasteiger partial charge in [-0.05, 0) is 31.2 Å². The SMILES string of the molecule is CC1=NC(c2ccncc2)N=C(c2cccnc2)N1. The summed E-state index contributed by atoms with van der Waals surface area (Å²) < 4.78 is 0. The van der Waals surface area contributed by atoms with Crippen molar-refractivity contribution < 1.29 is 0 Å². The average molecular weight is 251 g/mol. The maximum Gasteiger partial charge on any atom is 0.169 e.